The fourth-order valence-electron chi connectivity index (χ4n) is 2.57. The van der Waals surface area contributed by atoms with Crippen LogP contribution in [0.4, 0.5) is 4.79 Å². The number of amides is 2. The van der Waals surface area contributed by atoms with E-state index in [-0.39, 0.29) is 18.7 Å². The maximum absolute atomic E-state index is 12.2. The van der Waals surface area contributed by atoms with Crippen molar-refractivity contribution in [3.8, 4) is 0 Å². The summed E-state index contributed by atoms with van der Waals surface area (Å²) in [5, 5.41) is 14.9. The fourth-order valence-corrected chi connectivity index (χ4v) is 3.34. The monoisotopic (exact) mass is 297 g/mol. The Labute approximate surface area is 124 Å². The molecule has 2 amide bonds. The lowest BCUT2D eigenvalue weighted by atomic mass is 9.99. The predicted octanol–water partition coefficient (Wildman–Crippen LogP) is 2.19. The van der Waals surface area contributed by atoms with Gasteiger partial charge in [-0.3, -0.25) is 0 Å². The van der Waals surface area contributed by atoms with E-state index < -0.39 is 0 Å². The van der Waals surface area contributed by atoms with Crippen LogP contribution in [0.25, 0.3) is 0 Å². The first-order chi connectivity index (χ1) is 9.70. The summed E-state index contributed by atoms with van der Waals surface area (Å²) in [6, 6.07) is 0.117. The van der Waals surface area contributed by atoms with Gasteiger partial charge in [0.1, 0.15) is 0 Å². The van der Waals surface area contributed by atoms with Crippen LogP contribution < -0.4 is 5.32 Å². The lowest BCUT2D eigenvalue weighted by molar-refractivity contribution is 0.175. The number of carbonyl (C=O) groups is 1. The van der Waals surface area contributed by atoms with E-state index in [4.69, 9.17) is 5.11 Å². The van der Waals surface area contributed by atoms with Gasteiger partial charge in [0.2, 0.25) is 0 Å². The molecule has 1 saturated heterocycles. The molecule has 2 rings (SSSR count). The number of likely N-dealkylation sites (tertiary alicyclic amines) is 1. The molecular formula is C14H23N3O2S. The van der Waals surface area contributed by atoms with Crippen LogP contribution in [0.3, 0.4) is 0 Å². The third-order valence-corrected chi connectivity index (χ3v) is 4.61. The minimum atomic E-state index is 0.0108. The molecule has 5 nitrogen and oxygen atoms in total. The molecule has 0 aromatic carbocycles. The highest BCUT2D eigenvalue weighted by molar-refractivity contribution is 7.09. The van der Waals surface area contributed by atoms with Gasteiger partial charge in [-0.1, -0.05) is 0 Å². The van der Waals surface area contributed by atoms with Crippen LogP contribution >= 0.6 is 11.3 Å². The van der Waals surface area contributed by atoms with Crippen molar-refractivity contribution in [1.29, 1.82) is 0 Å². The first-order valence-electron chi connectivity index (χ1n) is 7.26. The van der Waals surface area contributed by atoms with Crippen LogP contribution in [0.2, 0.25) is 0 Å². The topological polar surface area (TPSA) is 65.5 Å². The normalized spacial score (nSPS) is 20.7. The Hall–Kier alpha value is -1.14. The molecule has 20 heavy (non-hydrogen) atoms. The van der Waals surface area contributed by atoms with Crippen LogP contribution in [0, 0.1) is 0 Å². The minimum Gasteiger partial charge on any atom is -0.396 e. The quantitative estimate of drug-likeness (QED) is 0.875. The molecule has 1 aromatic heterocycles. The first kappa shape index (κ1) is 15.3. The Bertz CT molecular complexity index is 411. The number of rotatable bonds is 5. The van der Waals surface area contributed by atoms with Gasteiger partial charge >= 0.3 is 6.03 Å². The molecule has 0 radical (unpaired) electrons. The molecule has 1 aliphatic heterocycles. The van der Waals surface area contributed by atoms with Gasteiger partial charge in [-0.25, -0.2) is 9.78 Å². The second-order valence-corrected chi connectivity index (χ2v) is 6.30. The zero-order chi connectivity index (χ0) is 14.4. The summed E-state index contributed by atoms with van der Waals surface area (Å²) in [5.41, 5.74) is 0. The van der Waals surface area contributed by atoms with Crippen molar-refractivity contribution in [3.63, 3.8) is 0 Å². The number of piperidine rings is 1. The Balaban J connectivity index is 1.84. The van der Waals surface area contributed by atoms with Gasteiger partial charge in [-0.05, 0) is 32.6 Å². The number of hydrogen-bond donors (Lipinski definition) is 2. The highest BCUT2D eigenvalue weighted by Gasteiger charge is 2.26. The van der Waals surface area contributed by atoms with Gasteiger partial charge in [-0.15, -0.1) is 11.3 Å². The summed E-state index contributed by atoms with van der Waals surface area (Å²) in [7, 11) is 0. The SMILES string of the molecule is CC(CCCO)NC(=O)N1CCCC(c2nccs2)C1. The van der Waals surface area contributed by atoms with E-state index in [9.17, 15) is 4.79 Å². The van der Waals surface area contributed by atoms with E-state index in [1.54, 1.807) is 11.3 Å². The molecule has 2 heterocycles. The minimum absolute atomic E-state index is 0.0108. The molecule has 0 spiro atoms. The summed E-state index contributed by atoms with van der Waals surface area (Å²) >= 11 is 1.67. The summed E-state index contributed by atoms with van der Waals surface area (Å²) in [6.07, 6.45) is 5.51. The number of aliphatic hydroxyl groups excluding tert-OH is 1. The number of hydrogen-bond acceptors (Lipinski definition) is 4. The van der Waals surface area contributed by atoms with Crippen LogP contribution in [-0.2, 0) is 0 Å². The van der Waals surface area contributed by atoms with Crippen LogP contribution in [0.15, 0.2) is 11.6 Å². The number of nitrogens with one attached hydrogen (secondary N) is 1. The average molecular weight is 297 g/mol. The summed E-state index contributed by atoms with van der Waals surface area (Å²) in [4.78, 5) is 18.5. The number of nitrogens with zero attached hydrogens (tertiary/aromatic N) is 2. The van der Waals surface area contributed by atoms with Crippen LogP contribution in [0.5, 0.6) is 0 Å². The van der Waals surface area contributed by atoms with E-state index in [2.05, 4.69) is 10.3 Å². The smallest absolute Gasteiger partial charge is 0.317 e. The van der Waals surface area contributed by atoms with Crippen molar-refractivity contribution < 1.29 is 9.90 Å². The lowest BCUT2D eigenvalue weighted by Crippen LogP contribution is -2.47. The number of thiazole rings is 1. The van der Waals surface area contributed by atoms with Gasteiger partial charge in [0.15, 0.2) is 0 Å². The molecule has 1 aromatic rings. The molecule has 1 aliphatic rings. The molecule has 112 valence electrons. The maximum atomic E-state index is 12.2. The number of aromatic nitrogens is 1. The number of aliphatic hydroxyl groups is 1. The van der Waals surface area contributed by atoms with Crippen LogP contribution in [0.1, 0.15) is 43.5 Å². The Morgan fingerprint density at radius 1 is 1.70 bits per heavy atom. The van der Waals surface area contributed by atoms with Crippen molar-refractivity contribution in [3.05, 3.63) is 16.6 Å². The lowest BCUT2D eigenvalue weighted by Gasteiger charge is -2.32. The Morgan fingerprint density at radius 3 is 3.25 bits per heavy atom. The van der Waals surface area contributed by atoms with E-state index in [0.29, 0.717) is 5.92 Å². The zero-order valence-corrected chi connectivity index (χ0v) is 12.7. The summed E-state index contributed by atoms with van der Waals surface area (Å²) in [5.74, 6) is 0.377. The average Bonchev–Trinajstić information content (AvgIpc) is 2.99. The molecule has 1 fully saturated rings. The third-order valence-electron chi connectivity index (χ3n) is 3.67. The van der Waals surface area contributed by atoms with E-state index >= 15 is 0 Å². The first-order valence-corrected chi connectivity index (χ1v) is 8.14. The zero-order valence-electron chi connectivity index (χ0n) is 11.9. The van der Waals surface area contributed by atoms with Crippen molar-refractivity contribution in [2.45, 2.75) is 44.6 Å². The standard InChI is InChI=1S/C14H23N3O2S/c1-11(4-3-8-18)16-14(19)17-7-2-5-12(10-17)13-15-6-9-20-13/h6,9,11-12,18H,2-5,7-8,10H2,1H3,(H,16,19). The molecule has 0 saturated carbocycles. The van der Waals surface area contributed by atoms with E-state index in [0.717, 1.165) is 43.8 Å². The largest absolute Gasteiger partial charge is 0.396 e. The van der Waals surface area contributed by atoms with E-state index in [1.807, 2.05) is 23.4 Å². The van der Waals surface area contributed by atoms with Crippen molar-refractivity contribution >= 4 is 17.4 Å². The van der Waals surface area contributed by atoms with Gasteiger partial charge in [-0.2, -0.15) is 0 Å². The van der Waals surface area contributed by atoms with Crippen molar-refractivity contribution in [2.75, 3.05) is 19.7 Å². The maximum Gasteiger partial charge on any atom is 0.317 e. The number of carbonyl (C=O) groups excluding carboxylic acids is 1. The number of urea groups is 1. The summed E-state index contributed by atoms with van der Waals surface area (Å²) in [6.45, 7) is 3.73. The van der Waals surface area contributed by atoms with Gasteiger partial charge < -0.3 is 15.3 Å². The molecule has 2 atom stereocenters. The summed E-state index contributed by atoms with van der Waals surface area (Å²) < 4.78 is 0. The molecular weight excluding hydrogens is 274 g/mol. The second kappa shape index (κ2) is 7.59. The van der Waals surface area contributed by atoms with E-state index in [1.165, 1.54) is 0 Å². The molecule has 2 N–H and O–H groups in total. The van der Waals surface area contributed by atoms with Crippen molar-refractivity contribution in [1.82, 2.24) is 15.2 Å². The fraction of sp³-hybridized carbons (Fsp3) is 0.714. The van der Waals surface area contributed by atoms with Crippen molar-refractivity contribution in [2.24, 2.45) is 0 Å². The molecule has 6 heteroatoms. The molecule has 0 bridgehead atoms. The van der Waals surface area contributed by atoms with Gasteiger partial charge in [0.05, 0.1) is 5.01 Å². The van der Waals surface area contributed by atoms with Crippen LogP contribution in [-0.4, -0.2) is 46.8 Å². The predicted molar refractivity (Wildman–Crippen MR) is 80.0 cm³/mol. The third kappa shape index (κ3) is 4.18. The highest BCUT2D eigenvalue weighted by Crippen LogP contribution is 2.28. The Morgan fingerprint density at radius 2 is 2.55 bits per heavy atom. The molecule has 0 aliphatic carbocycles. The molecule has 2 unspecified atom stereocenters. The Kier molecular flexibility index (Phi) is 5.79. The highest BCUT2D eigenvalue weighted by atomic mass is 32.1. The second-order valence-electron chi connectivity index (χ2n) is 5.37. The van der Waals surface area contributed by atoms with Gasteiger partial charge in [0, 0.05) is 43.2 Å². The van der Waals surface area contributed by atoms with Gasteiger partial charge in [0.25, 0.3) is 0 Å².